The second-order valence-corrected chi connectivity index (χ2v) is 10.9. The zero-order valence-electron chi connectivity index (χ0n) is 18.0. The van der Waals surface area contributed by atoms with Crippen molar-refractivity contribution in [1.29, 1.82) is 0 Å². The van der Waals surface area contributed by atoms with Crippen LogP contribution >= 0.6 is 0 Å². The molecule has 4 aromatic rings. The largest absolute Gasteiger partial charge is 0.464 e. The molecule has 1 aliphatic rings. The van der Waals surface area contributed by atoms with Gasteiger partial charge in [-0.3, -0.25) is 4.79 Å². The standard InChI is InChI=1S/C26H25NO4S/c1-18-6-8-19(9-7-18)15-27(22-12-13-32(29,30)17-22)25(28)14-21-16-31-24-11-10-20-4-2-3-5-23(20)26(21)24/h2-11,16,22H,12-15,17H2,1H3. The molecule has 1 unspecified atom stereocenters. The van der Waals surface area contributed by atoms with E-state index in [0.717, 1.165) is 38.4 Å². The van der Waals surface area contributed by atoms with Crippen LogP contribution in [-0.2, 0) is 27.6 Å². The lowest BCUT2D eigenvalue weighted by Crippen LogP contribution is -2.41. The Morgan fingerprint density at radius 1 is 1.06 bits per heavy atom. The molecule has 3 aromatic carbocycles. The second kappa shape index (κ2) is 8.10. The molecule has 2 heterocycles. The predicted molar refractivity (Wildman–Crippen MR) is 126 cm³/mol. The van der Waals surface area contributed by atoms with Crippen molar-refractivity contribution in [2.24, 2.45) is 0 Å². The van der Waals surface area contributed by atoms with Crippen molar-refractivity contribution in [1.82, 2.24) is 4.90 Å². The Labute approximate surface area is 187 Å². The Hall–Kier alpha value is -3.12. The number of fused-ring (bicyclic) bond motifs is 3. The van der Waals surface area contributed by atoms with E-state index in [0.29, 0.717) is 13.0 Å². The Balaban J connectivity index is 1.48. The third kappa shape index (κ3) is 4.02. The minimum Gasteiger partial charge on any atom is -0.464 e. The van der Waals surface area contributed by atoms with Gasteiger partial charge in [0.2, 0.25) is 5.91 Å². The van der Waals surface area contributed by atoms with Crippen LogP contribution in [0.3, 0.4) is 0 Å². The number of amides is 1. The summed E-state index contributed by atoms with van der Waals surface area (Å²) in [5.41, 5.74) is 3.72. The summed E-state index contributed by atoms with van der Waals surface area (Å²) in [4.78, 5) is 15.3. The van der Waals surface area contributed by atoms with Gasteiger partial charge in [0.15, 0.2) is 9.84 Å². The molecule has 0 aliphatic carbocycles. The van der Waals surface area contributed by atoms with E-state index in [1.54, 1.807) is 11.2 Å². The summed E-state index contributed by atoms with van der Waals surface area (Å²) < 4.78 is 30.1. The number of furan rings is 1. The van der Waals surface area contributed by atoms with E-state index in [4.69, 9.17) is 4.42 Å². The molecule has 0 spiro atoms. The lowest BCUT2D eigenvalue weighted by atomic mass is 10.0. The fourth-order valence-corrected chi connectivity index (χ4v) is 6.33. The highest BCUT2D eigenvalue weighted by Crippen LogP contribution is 2.31. The van der Waals surface area contributed by atoms with Gasteiger partial charge in [-0.1, -0.05) is 60.2 Å². The zero-order chi connectivity index (χ0) is 22.3. The number of hydrogen-bond acceptors (Lipinski definition) is 4. The molecule has 1 amide bonds. The average Bonchev–Trinajstić information content (AvgIpc) is 3.36. The first-order valence-electron chi connectivity index (χ1n) is 10.8. The van der Waals surface area contributed by atoms with Crippen LogP contribution in [0.25, 0.3) is 21.7 Å². The van der Waals surface area contributed by atoms with Gasteiger partial charge in [-0.25, -0.2) is 8.42 Å². The average molecular weight is 448 g/mol. The van der Waals surface area contributed by atoms with Gasteiger partial charge in [-0.15, -0.1) is 0 Å². The molecule has 1 aliphatic heterocycles. The van der Waals surface area contributed by atoms with Gasteiger partial charge in [0.1, 0.15) is 5.58 Å². The van der Waals surface area contributed by atoms with Crippen LogP contribution in [0.15, 0.2) is 71.3 Å². The van der Waals surface area contributed by atoms with Crippen LogP contribution in [0.1, 0.15) is 23.1 Å². The van der Waals surface area contributed by atoms with E-state index in [1.807, 2.05) is 67.6 Å². The summed E-state index contributed by atoms with van der Waals surface area (Å²) in [7, 11) is -3.11. The van der Waals surface area contributed by atoms with Crippen molar-refractivity contribution in [3.05, 3.63) is 83.6 Å². The molecular formula is C26H25NO4S. The fourth-order valence-electron chi connectivity index (χ4n) is 4.60. The molecule has 5 rings (SSSR count). The molecule has 0 saturated carbocycles. The number of nitrogens with zero attached hydrogens (tertiary/aromatic N) is 1. The molecule has 1 aromatic heterocycles. The monoisotopic (exact) mass is 447 g/mol. The molecule has 164 valence electrons. The summed E-state index contributed by atoms with van der Waals surface area (Å²) in [5, 5.41) is 3.09. The molecule has 32 heavy (non-hydrogen) atoms. The summed E-state index contributed by atoms with van der Waals surface area (Å²) in [6.45, 7) is 2.42. The highest BCUT2D eigenvalue weighted by Gasteiger charge is 2.35. The number of hydrogen-bond donors (Lipinski definition) is 0. The van der Waals surface area contributed by atoms with Crippen molar-refractivity contribution in [2.45, 2.75) is 32.4 Å². The van der Waals surface area contributed by atoms with Crippen LogP contribution in [0.5, 0.6) is 0 Å². The fraction of sp³-hybridized carbons (Fsp3) is 0.269. The first-order valence-corrected chi connectivity index (χ1v) is 12.6. The third-order valence-electron chi connectivity index (χ3n) is 6.32. The molecule has 0 bridgehead atoms. The third-order valence-corrected chi connectivity index (χ3v) is 8.08. The first kappa shape index (κ1) is 20.8. The molecule has 1 atom stereocenters. The molecular weight excluding hydrogens is 422 g/mol. The van der Waals surface area contributed by atoms with Gasteiger partial charge >= 0.3 is 0 Å². The Kier molecular flexibility index (Phi) is 5.25. The van der Waals surface area contributed by atoms with Gasteiger partial charge in [-0.05, 0) is 35.7 Å². The Bertz CT molecular complexity index is 1400. The molecule has 5 nitrogen and oxygen atoms in total. The highest BCUT2D eigenvalue weighted by molar-refractivity contribution is 7.91. The highest BCUT2D eigenvalue weighted by atomic mass is 32.2. The maximum Gasteiger partial charge on any atom is 0.227 e. The number of sulfone groups is 1. The molecule has 1 fully saturated rings. The predicted octanol–water partition coefficient (Wildman–Crippen LogP) is 4.65. The number of carbonyl (C=O) groups excluding carboxylic acids is 1. The van der Waals surface area contributed by atoms with Crippen molar-refractivity contribution in [3.8, 4) is 0 Å². The summed E-state index contributed by atoms with van der Waals surface area (Å²) in [6, 6.07) is 19.7. The zero-order valence-corrected chi connectivity index (χ0v) is 18.8. The van der Waals surface area contributed by atoms with Crippen molar-refractivity contribution < 1.29 is 17.6 Å². The van der Waals surface area contributed by atoms with Crippen LogP contribution in [0, 0.1) is 6.92 Å². The van der Waals surface area contributed by atoms with Crippen LogP contribution in [0.2, 0.25) is 0 Å². The van der Waals surface area contributed by atoms with E-state index in [1.165, 1.54) is 0 Å². The minimum absolute atomic E-state index is 0.0274. The van der Waals surface area contributed by atoms with Gasteiger partial charge in [0.25, 0.3) is 0 Å². The van der Waals surface area contributed by atoms with E-state index in [2.05, 4.69) is 0 Å². The molecule has 0 N–H and O–H groups in total. The number of benzene rings is 3. The van der Waals surface area contributed by atoms with Crippen molar-refractivity contribution >= 4 is 37.5 Å². The molecule has 1 saturated heterocycles. The number of carbonyl (C=O) groups is 1. The van der Waals surface area contributed by atoms with Crippen molar-refractivity contribution in [2.75, 3.05) is 11.5 Å². The number of rotatable bonds is 5. The molecule has 0 radical (unpaired) electrons. The first-order chi connectivity index (χ1) is 15.4. The smallest absolute Gasteiger partial charge is 0.227 e. The minimum atomic E-state index is -3.11. The molecule has 6 heteroatoms. The van der Waals surface area contributed by atoms with Gasteiger partial charge in [-0.2, -0.15) is 0 Å². The van der Waals surface area contributed by atoms with E-state index in [-0.39, 0.29) is 29.9 Å². The van der Waals surface area contributed by atoms with E-state index >= 15 is 0 Å². The summed E-state index contributed by atoms with van der Waals surface area (Å²) in [5.74, 6) is 0.0807. The topological polar surface area (TPSA) is 67.6 Å². The maximum atomic E-state index is 13.5. The Morgan fingerprint density at radius 2 is 1.84 bits per heavy atom. The van der Waals surface area contributed by atoms with Crippen molar-refractivity contribution in [3.63, 3.8) is 0 Å². The second-order valence-electron chi connectivity index (χ2n) is 8.66. The normalized spacial score (nSPS) is 17.7. The van der Waals surface area contributed by atoms with Crippen LogP contribution in [-0.4, -0.2) is 36.8 Å². The Morgan fingerprint density at radius 3 is 2.59 bits per heavy atom. The lowest BCUT2D eigenvalue weighted by Gasteiger charge is -2.28. The van der Waals surface area contributed by atoms with Gasteiger partial charge in [0.05, 0.1) is 24.2 Å². The van der Waals surface area contributed by atoms with Crippen LogP contribution in [0.4, 0.5) is 0 Å². The van der Waals surface area contributed by atoms with Gasteiger partial charge < -0.3 is 9.32 Å². The number of aryl methyl sites for hydroxylation is 1. The summed E-state index contributed by atoms with van der Waals surface area (Å²) >= 11 is 0. The summed E-state index contributed by atoms with van der Waals surface area (Å²) in [6.07, 6.45) is 2.31. The van der Waals surface area contributed by atoms with E-state index in [9.17, 15) is 13.2 Å². The SMILES string of the molecule is Cc1ccc(CN(C(=O)Cc2coc3ccc4ccccc4c23)C2CCS(=O)(=O)C2)cc1. The quantitative estimate of drug-likeness (QED) is 0.447. The van der Waals surface area contributed by atoms with Crippen LogP contribution < -0.4 is 0 Å². The van der Waals surface area contributed by atoms with Gasteiger partial charge in [0, 0.05) is 23.5 Å². The van der Waals surface area contributed by atoms with E-state index < -0.39 is 9.84 Å². The lowest BCUT2D eigenvalue weighted by molar-refractivity contribution is -0.133. The maximum absolute atomic E-state index is 13.5.